The van der Waals surface area contributed by atoms with E-state index in [1.807, 2.05) is 35.0 Å². The number of aryl methyl sites for hydroxylation is 1. The number of aromatic nitrogens is 5. The maximum Gasteiger partial charge on any atom is 0.490 e. The van der Waals surface area contributed by atoms with Crippen molar-refractivity contribution in [1.29, 1.82) is 0 Å². The highest BCUT2D eigenvalue weighted by atomic mass is 19.4. The number of nitrogens with two attached hydrogens (primary N) is 1. The topological polar surface area (TPSA) is 187 Å². The van der Waals surface area contributed by atoms with Crippen molar-refractivity contribution < 1.29 is 32.7 Å². The first kappa shape index (κ1) is 29.9. The number of hydrogen-bond donors (Lipinski definition) is 3. The van der Waals surface area contributed by atoms with Crippen LogP contribution in [0.5, 0.6) is 0 Å². The smallest absolute Gasteiger partial charge is 0.475 e. The number of nitrogens with zero attached hydrogens (tertiary/aromatic N) is 7. The van der Waals surface area contributed by atoms with Gasteiger partial charge < -0.3 is 25.8 Å². The lowest BCUT2D eigenvalue weighted by Crippen LogP contribution is -2.36. The van der Waals surface area contributed by atoms with Crippen LogP contribution in [0.1, 0.15) is 12.1 Å². The number of anilines is 3. The average molecular weight is 590 g/mol. The summed E-state index contributed by atoms with van der Waals surface area (Å²) < 4.78 is 39.0. The number of ether oxygens (including phenoxy) is 1. The molecule has 0 unspecified atom stereocenters. The lowest BCUT2D eigenvalue weighted by atomic mass is 10.2. The molecule has 5 heterocycles. The molecule has 1 aliphatic heterocycles. The largest absolute Gasteiger partial charge is 0.490 e. The van der Waals surface area contributed by atoms with Gasteiger partial charge in [-0.1, -0.05) is 0 Å². The van der Waals surface area contributed by atoms with Crippen LogP contribution in [0, 0.1) is 10.1 Å². The average Bonchev–Trinajstić information content (AvgIpc) is 3.45. The first-order chi connectivity index (χ1) is 20.0. The number of pyridine rings is 2. The third kappa shape index (κ3) is 7.57. The molecule has 42 heavy (non-hydrogen) atoms. The highest BCUT2D eigenvalue weighted by Gasteiger charge is 2.38. The van der Waals surface area contributed by atoms with Gasteiger partial charge in [0.15, 0.2) is 0 Å². The van der Waals surface area contributed by atoms with Gasteiger partial charge in [0, 0.05) is 61.6 Å². The molecule has 1 fully saturated rings. The summed E-state index contributed by atoms with van der Waals surface area (Å²) in [6, 6.07) is 8.99. The van der Waals surface area contributed by atoms with E-state index in [-0.39, 0.29) is 11.5 Å². The number of nitro groups is 1. The second-order valence-corrected chi connectivity index (χ2v) is 8.92. The number of aliphatic carboxylic acids is 1. The number of carboxylic acids is 1. The van der Waals surface area contributed by atoms with Gasteiger partial charge in [-0.2, -0.15) is 13.2 Å². The zero-order valence-electron chi connectivity index (χ0n) is 22.0. The molecule has 5 rings (SSSR count). The number of nitrogens with one attached hydrogen (secondary N) is 1. The molecule has 1 aliphatic rings. The van der Waals surface area contributed by atoms with E-state index in [0.717, 1.165) is 42.2 Å². The van der Waals surface area contributed by atoms with Gasteiger partial charge in [-0.05, 0) is 31.0 Å². The van der Waals surface area contributed by atoms with Crippen LogP contribution in [-0.2, 0) is 16.0 Å². The maximum atomic E-state index is 10.9. The van der Waals surface area contributed by atoms with Crippen molar-refractivity contribution in [2.24, 2.45) is 0 Å². The number of imidazole rings is 1. The molecule has 0 amide bonds. The van der Waals surface area contributed by atoms with Crippen LogP contribution in [0.15, 0.2) is 48.9 Å². The number of rotatable bonds is 8. The van der Waals surface area contributed by atoms with Gasteiger partial charge in [0.05, 0.1) is 23.8 Å². The summed E-state index contributed by atoms with van der Waals surface area (Å²) in [5.41, 5.74) is 8.67. The Morgan fingerprint density at radius 1 is 1.17 bits per heavy atom. The summed E-state index contributed by atoms with van der Waals surface area (Å²) in [4.78, 5) is 39.5. The maximum absolute atomic E-state index is 10.9. The van der Waals surface area contributed by atoms with Crippen LogP contribution < -0.4 is 16.0 Å². The van der Waals surface area contributed by atoms with E-state index >= 15 is 0 Å². The first-order valence-corrected chi connectivity index (χ1v) is 12.6. The second-order valence-electron chi connectivity index (χ2n) is 8.92. The zero-order chi connectivity index (χ0) is 30.3. The fourth-order valence-electron chi connectivity index (χ4n) is 3.99. The molecule has 0 bridgehead atoms. The van der Waals surface area contributed by atoms with E-state index in [1.54, 1.807) is 12.3 Å². The minimum atomic E-state index is -5.08. The number of carboxylic acid groups (broad SMARTS) is 1. The number of morpholine rings is 1. The van der Waals surface area contributed by atoms with Crippen molar-refractivity contribution in [3.8, 4) is 11.3 Å². The molecule has 0 spiro atoms. The van der Waals surface area contributed by atoms with Crippen LogP contribution in [0.2, 0.25) is 0 Å². The Hall–Kier alpha value is -5.06. The minimum Gasteiger partial charge on any atom is -0.475 e. The summed E-state index contributed by atoms with van der Waals surface area (Å²) in [6.07, 6.45) is 1.69. The fourth-order valence-corrected chi connectivity index (χ4v) is 3.99. The quantitative estimate of drug-likeness (QED) is 0.155. The third-order valence-electron chi connectivity index (χ3n) is 6.06. The molecule has 0 aromatic carbocycles. The van der Waals surface area contributed by atoms with Crippen molar-refractivity contribution in [3.63, 3.8) is 0 Å². The van der Waals surface area contributed by atoms with Crippen molar-refractivity contribution in [2.45, 2.75) is 19.0 Å². The van der Waals surface area contributed by atoms with Gasteiger partial charge in [-0.25, -0.2) is 24.7 Å². The Morgan fingerprint density at radius 2 is 1.90 bits per heavy atom. The van der Waals surface area contributed by atoms with Gasteiger partial charge in [0.25, 0.3) is 0 Å². The van der Waals surface area contributed by atoms with Crippen LogP contribution in [0.3, 0.4) is 0 Å². The molecule has 4 N–H and O–H groups in total. The Kier molecular flexibility index (Phi) is 9.31. The summed E-state index contributed by atoms with van der Waals surface area (Å²) in [6.45, 7) is 3.71. The highest BCUT2D eigenvalue weighted by Crippen LogP contribution is 2.24. The van der Waals surface area contributed by atoms with E-state index < -0.39 is 17.1 Å². The molecule has 0 saturated carbocycles. The van der Waals surface area contributed by atoms with Crippen LogP contribution in [0.4, 0.5) is 36.4 Å². The summed E-state index contributed by atoms with van der Waals surface area (Å²) in [5, 5.41) is 21.4. The molecule has 0 radical (unpaired) electrons. The molecule has 222 valence electrons. The lowest BCUT2D eigenvalue weighted by molar-refractivity contribution is -0.384. The molecular weight excluding hydrogens is 563 g/mol. The van der Waals surface area contributed by atoms with Crippen molar-refractivity contribution in [2.75, 3.05) is 48.8 Å². The number of carbonyl (C=O) groups is 1. The number of alkyl halides is 3. The fraction of sp³-hybridized carbons (Fsp3) is 0.320. The predicted octanol–water partition coefficient (Wildman–Crippen LogP) is 3.19. The van der Waals surface area contributed by atoms with E-state index in [9.17, 15) is 23.3 Å². The van der Waals surface area contributed by atoms with Gasteiger partial charge in [0.1, 0.15) is 11.5 Å². The van der Waals surface area contributed by atoms with Gasteiger partial charge >= 0.3 is 17.8 Å². The van der Waals surface area contributed by atoms with E-state index in [1.165, 1.54) is 6.07 Å². The van der Waals surface area contributed by atoms with Crippen molar-refractivity contribution in [1.82, 2.24) is 24.3 Å². The molecule has 17 heteroatoms. The summed E-state index contributed by atoms with van der Waals surface area (Å²) in [5.74, 6) is -1.23. The Balaban J connectivity index is 0.000000517. The Labute approximate surface area is 236 Å². The second kappa shape index (κ2) is 13.1. The van der Waals surface area contributed by atoms with Crippen LogP contribution in [0.25, 0.3) is 16.9 Å². The zero-order valence-corrected chi connectivity index (χ0v) is 22.0. The normalized spacial score (nSPS) is 13.4. The molecule has 4 aromatic rings. The molecule has 14 nitrogen and oxygen atoms in total. The van der Waals surface area contributed by atoms with Crippen LogP contribution >= 0.6 is 0 Å². The monoisotopic (exact) mass is 589 g/mol. The Morgan fingerprint density at radius 3 is 2.52 bits per heavy atom. The summed E-state index contributed by atoms with van der Waals surface area (Å²) >= 11 is 0. The Bertz CT molecular complexity index is 1540. The third-order valence-corrected chi connectivity index (χ3v) is 6.06. The van der Waals surface area contributed by atoms with E-state index in [2.05, 4.69) is 25.2 Å². The number of hydrogen-bond acceptors (Lipinski definition) is 11. The summed E-state index contributed by atoms with van der Waals surface area (Å²) in [7, 11) is 0. The molecular formula is C25H26F3N9O5. The van der Waals surface area contributed by atoms with Gasteiger partial charge in [0.2, 0.25) is 11.8 Å². The highest BCUT2D eigenvalue weighted by molar-refractivity contribution is 5.73. The van der Waals surface area contributed by atoms with Gasteiger partial charge in [-0.15, -0.1) is 0 Å². The number of halogens is 3. The predicted molar refractivity (Wildman–Crippen MR) is 145 cm³/mol. The van der Waals surface area contributed by atoms with E-state index in [4.69, 9.17) is 25.4 Å². The lowest BCUT2D eigenvalue weighted by Gasteiger charge is -2.27. The van der Waals surface area contributed by atoms with Crippen molar-refractivity contribution in [3.05, 3.63) is 64.7 Å². The minimum absolute atomic E-state index is 0.0665. The number of fused-ring (bicyclic) bond motifs is 1. The molecule has 0 aliphatic carbocycles. The molecule has 4 aromatic heterocycles. The van der Waals surface area contributed by atoms with Gasteiger partial charge in [-0.3, -0.25) is 14.5 Å². The standard InChI is InChI=1S/C23H25N9O3.C2HF3O2/c24-22-19(32(33)34)5-4-17(28-22)2-1-7-26-23-29-18(14-21-25-8-9-31(21)23)16-3-6-20(27-15-16)30-10-12-35-13-11-30;3-2(4,5)1(6)7/h3-6,8-9,14-15H,1-2,7,10-13H2,(H2,24,28)(H,26,29);(H,6,7). The van der Waals surface area contributed by atoms with E-state index in [0.29, 0.717) is 37.8 Å². The first-order valence-electron chi connectivity index (χ1n) is 12.6. The van der Waals surface area contributed by atoms with Crippen molar-refractivity contribution >= 4 is 34.9 Å². The molecule has 1 saturated heterocycles. The van der Waals surface area contributed by atoms with Crippen LogP contribution in [-0.4, -0.2) is 79.4 Å². The SMILES string of the molecule is Nc1nc(CCCNc2nc(-c3ccc(N4CCOCC4)nc3)cc3nccn23)ccc1[N+](=O)[O-].O=C(O)C(F)(F)F. The number of nitrogen functional groups attached to an aromatic ring is 1. The molecule has 0 atom stereocenters.